The van der Waals surface area contributed by atoms with E-state index in [4.69, 9.17) is 14.7 Å². The molecule has 0 spiro atoms. The molecule has 2 atom stereocenters. The molecule has 3 aliphatic rings. The maximum Gasteiger partial charge on any atom is 0.293 e. The van der Waals surface area contributed by atoms with Crippen molar-refractivity contribution in [1.29, 1.82) is 0 Å². The minimum Gasteiger partial charge on any atom is -0.367 e. The lowest BCUT2D eigenvalue weighted by Gasteiger charge is -2.37. The van der Waals surface area contributed by atoms with Gasteiger partial charge in [-0.1, -0.05) is 19.3 Å². The molecule has 174 valence electrons. The Balaban J connectivity index is 1.38. The average Bonchev–Trinajstić information content (AvgIpc) is 3.57. The van der Waals surface area contributed by atoms with Crippen molar-refractivity contribution in [3.8, 4) is 0 Å². The number of anilines is 1. The summed E-state index contributed by atoms with van der Waals surface area (Å²) in [6.07, 6.45) is 14.0. The molecule has 1 aliphatic heterocycles. The van der Waals surface area contributed by atoms with Crippen LogP contribution in [0.4, 0.5) is 5.95 Å². The molecule has 9 heteroatoms. The quantitative estimate of drug-likeness (QED) is 0.604. The van der Waals surface area contributed by atoms with E-state index in [1.54, 1.807) is 13.2 Å². The van der Waals surface area contributed by atoms with Gasteiger partial charge in [-0.25, -0.2) is 14.6 Å². The van der Waals surface area contributed by atoms with E-state index in [0.29, 0.717) is 36.5 Å². The first kappa shape index (κ1) is 20.8. The highest BCUT2D eigenvalue weighted by Gasteiger charge is 2.32. The Morgan fingerprint density at radius 2 is 1.82 bits per heavy atom. The van der Waals surface area contributed by atoms with Crippen LogP contribution in [0.15, 0.2) is 23.4 Å². The van der Waals surface area contributed by atoms with Crippen molar-refractivity contribution in [3.05, 3.63) is 40.2 Å². The molecule has 33 heavy (non-hydrogen) atoms. The molecule has 0 N–H and O–H groups in total. The van der Waals surface area contributed by atoms with Crippen molar-refractivity contribution in [1.82, 2.24) is 29.5 Å². The van der Waals surface area contributed by atoms with Gasteiger partial charge in [0.25, 0.3) is 5.56 Å². The molecular weight excluding hydrogens is 418 g/mol. The van der Waals surface area contributed by atoms with E-state index in [-0.39, 0.29) is 17.8 Å². The van der Waals surface area contributed by atoms with Crippen LogP contribution in [0.1, 0.15) is 81.2 Å². The van der Waals surface area contributed by atoms with Gasteiger partial charge in [-0.2, -0.15) is 10.2 Å². The fourth-order valence-electron chi connectivity index (χ4n) is 5.30. The van der Waals surface area contributed by atoms with Crippen LogP contribution in [-0.4, -0.2) is 48.7 Å². The largest absolute Gasteiger partial charge is 0.367 e. The molecule has 0 amide bonds. The molecule has 3 aromatic heterocycles. The molecule has 1 saturated heterocycles. The smallest absolute Gasteiger partial charge is 0.293 e. The van der Waals surface area contributed by atoms with Crippen LogP contribution in [-0.2, 0) is 11.8 Å². The zero-order chi connectivity index (χ0) is 22.5. The Morgan fingerprint density at radius 3 is 2.61 bits per heavy atom. The third kappa shape index (κ3) is 3.92. The number of hydrogen-bond donors (Lipinski definition) is 0. The maximum atomic E-state index is 13.0. The number of fused-ring (bicyclic) bond motifs is 1. The molecule has 3 fully saturated rings. The summed E-state index contributed by atoms with van der Waals surface area (Å²) in [7, 11) is 1.67. The van der Waals surface area contributed by atoms with Crippen molar-refractivity contribution in [2.45, 2.75) is 76.0 Å². The van der Waals surface area contributed by atoms with Crippen LogP contribution in [0.3, 0.4) is 0 Å². The second-order valence-corrected chi connectivity index (χ2v) is 9.90. The first-order valence-corrected chi connectivity index (χ1v) is 12.2. The summed E-state index contributed by atoms with van der Waals surface area (Å²) in [5.74, 6) is 0.976. The van der Waals surface area contributed by atoms with Crippen molar-refractivity contribution in [2.24, 2.45) is 7.05 Å². The van der Waals surface area contributed by atoms with Gasteiger partial charge < -0.3 is 9.64 Å². The third-order valence-corrected chi connectivity index (χ3v) is 7.27. The first-order chi connectivity index (χ1) is 16.1. The minimum atomic E-state index is -0.170. The molecule has 0 radical (unpaired) electrons. The highest BCUT2D eigenvalue weighted by Crippen LogP contribution is 2.37. The third-order valence-electron chi connectivity index (χ3n) is 7.27. The summed E-state index contributed by atoms with van der Waals surface area (Å²) < 4.78 is 9.71. The summed E-state index contributed by atoms with van der Waals surface area (Å²) in [5.41, 5.74) is 2.37. The van der Waals surface area contributed by atoms with E-state index in [1.807, 2.05) is 6.20 Å². The number of ether oxygens (including phenoxy) is 1. The molecule has 9 nitrogen and oxygen atoms in total. The molecular formula is C24H31N7O2. The van der Waals surface area contributed by atoms with Gasteiger partial charge >= 0.3 is 0 Å². The maximum absolute atomic E-state index is 13.0. The Bertz CT molecular complexity index is 1230. The highest BCUT2D eigenvalue weighted by molar-refractivity contribution is 5.81. The Morgan fingerprint density at radius 1 is 1.00 bits per heavy atom. The van der Waals surface area contributed by atoms with Gasteiger partial charge in [0.15, 0.2) is 0 Å². The van der Waals surface area contributed by atoms with Crippen molar-refractivity contribution in [2.75, 3.05) is 18.0 Å². The van der Waals surface area contributed by atoms with Gasteiger partial charge in [-0.05, 0) is 32.6 Å². The van der Waals surface area contributed by atoms with Crippen LogP contribution < -0.4 is 10.5 Å². The highest BCUT2D eigenvalue weighted by atomic mass is 16.5. The second-order valence-electron chi connectivity index (χ2n) is 9.90. The Kier molecular flexibility index (Phi) is 5.16. The zero-order valence-electron chi connectivity index (χ0n) is 19.4. The van der Waals surface area contributed by atoms with Crippen LogP contribution in [0.25, 0.3) is 10.9 Å². The topological polar surface area (TPSA) is 91.0 Å². The number of aromatic nitrogens is 6. The minimum absolute atomic E-state index is 0.0192. The summed E-state index contributed by atoms with van der Waals surface area (Å²) in [6, 6.07) is 0.544. The van der Waals surface area contributed by atoms with Crippen LogP contribution in [0.2, 0.25) is 0 Å². The molecule has 4 heterocycles. The zero-order valence-corrected chi connectivity index (χ0v) is 19.4. The van der Waals surface area contributed by atoms with E-state index >= 15 is 0 Å². The predicted octanol–water partition coefficient (Wildman–Crippen LogP) is 3.27. The number of aryl methyl sites for hydroxylation is 1. The van der Waals surface area contributed by atoms with Gasteiger partial charge in [0.2, 0.25) is 5.95 Å². The van der Waals surface area contributed by atoms with E-state index < -0.39 is 0 Å². The lowest BCUT2D eigenvalue weighted by molar-refractivity contribution is -0.0179. The first-order valence-electron chi connectivity index (χ1n) is 12.2. The predicted molar refractivity (Wildman–Crippen MR) is 124 cm³/mol. The summed E-state index contributed by atoms with van der Waals surface area (Å²) in [4.78, 5) is 25.0. The van der Waals surface area contributed by atoms with Crippen molar-refractivity contribution in [3.63, 3.8) is 0 Å². The molecule has 0 unspecified atom stereocenters. The summed E-state index contributed by atoms with van der Waals surface area (Å²) in [6.45, 7) is 3.41. The molecule has 6 rings (SSSR count). The average molecular weight is 450 g/mol. The van der Waals surface area contributed by atoms with Gasteiger partial charge in [-0.3, -0.25) is 9.48 Å². The monoisotopic (exact) mass is 449 g/mol. The Labute approximate surface area is 192 Å². The lowest BCUT2D eigenvalue weighted by Crippen LogP contribution is -2.44. The van der Waals surface area contributed by atoms with E-state index in [0.717, 1.165) is 29.5 Å². The molecule has 3 aromatic rings. The Hall–Kier alpha value is -2.81. The van der Waals surface area contributed by atoms with Gasteiger partial charge in [0.1, 0.15) is 11.6 Å². The number of hydrogen-bond acceptors (Lipinski definition) is 7. The van der Waals surface area contributed by atoms with E-state index in [9.17, 15) is 4.79 Å². The number of rotatable bonds is 4. The SMILES string of the molecule is C[C@@H]1CN(c2nc(C3CCCCC3)c3cnn(C)c(=O)c3n2)C[C@H](c2cnn(C3CC3)c2)O1. The van der Waals surface area contributed by atoms with Crippen molar-refractivity contribution < 1.29 is 4.74 Å². The number of morpholine rings is 1. The lowest BCUT2D eigenvalue weighted by atomic mass is 9.86. The van der Waals surface area contributed by atoms with Crippen molar-refractivity contribution >= 4 is 16.9 Å². The molecule has 2 aliphatic carbocycles. The summed E-state index contributed by atoms with van der Waals surface area (Å²) >= 11 is 0. The molecule has 0 bridgehead atoms. The fourth-order valence-corrected chi connectivity index (χ4v) is 5.30. The molecule has 2 saturated carbocycles. The van der Waals surface area contributed by atoms with Crippen LogP contribution in [0, 0.1) is 0 Å². The van der Waals surface area contributed by atoms with Gasteiger partial charge in [0.05, 0.1) is 36.8 Å². The molecule has 0 aromatic carbocycles. The fraction of sp³-hybridized carbons (Fsp3) is 0.625. The van der Waals surface area contributed by atoms with Gasteiger partial charge in [0, 0.05) is 36.7 Å². The summed E-state index contributed by atoms with van der Waals surface area (Å²) in [5, 5.41) is 9.62. The second kappa shape index (κ2) is 8.20. The van der Waals surface area contributed by atoms with E-state index in [1.165, 1.54) is 36.8 Å². The van der Waals surface area contributed by atoms with Crippen LogP contribution >= 0.6 is 0 Å². The van der Waals surface area contributed by atoms with Crippen LogP contribution in [0.5, 0.6) is 0 Å². The number of nitrogens with zero attached hydrogens (tertiary/aromatic N) is 7. The van der Waals surface area contributed by atoms with Gasteiger partial charge in [-0.15, -0.1) is 0 Å². The van der Waals surface area contributed by atoms with E-state index in [2.05, 4.69) is 32.9 Å². The normalized spacial score (nSPS) is 24.5. The standard InChI is InChI=1S/C24H31N7O2/c1-15-12-30(14-20(33-15)17-10-26-31(13-17)18-8-9-18)24-27-21(16-6-4-3-5-7-16)19-11-25-29(2)23(32)22(19)28-24/h10-11,13,15-16,18,20H,3-9,12,14H2,1-2H3/t15-,20-/m1/s1.